The molecular weight excluding hydrogens is 669 g/mol. The number of fused-ring (bicyclic) bond motifs is 14. The Morgan fingerprint density at radius 1 is 0.308 bits per heavy atom. The van der Waals surface area contributed by atoms with Crippen LogP contribution >= 0.6 is 22.7 Å². The topological polar surface area (TPSA) is 9.86 Å². The van der Waals surface area contributed by atoms with Gasteiger partial charge in [0.15, 0.2) is 0 Å². The van der Waals surface area contributed by atoms with E-state index in [1.807, 2.05) is 22.7 Å². The zero-order valence-corrected chi connectivity index (χ0v) is 29.5. The molecule has 0 unspecified atom stereocenters. The Kier molecular flexibility index (Phi) is 5.84. The van der Waals surface area contributed by atoms with Crippen LogP contribution in [0, 0.1) is 0 Å². The van der Waals surface area contributed by atoms with Gasteiger partial charge in [-0.1, -0.05) is 121 Å². The Labute approximate surface area is 306 Å². The van der Waals surface area contributed by atoms with Crippen molar-refractivity contribution >= 4 is 107 Å². The molecule has 0 amide bonds. The van der Waals surface area contributed by atoms with Crippen molar-refractivity contribution in [2.45, 2.75) is 0 Å². The highest BCUT2D eigenvalue weighted by Gasteiger charge is 2.19. The lowest BCUT2D eigenvalue weighted by molar-refractivity contribution is 1.18. The number of hydrogen-bond donors (Lipinski definition) is 0. The van der Waals surface area contributed by atoms with Gasteiger partial charge < -0.3 is 9.13 Å². The second-order valence-corrected chi connectivity index (χ2v) is 15.8. The van der Waals surface area contributed by atoms with Gasteiger partial charge in [-0.15, -0.1) is 22.7 Å². The van der Waals surface area contributed by atoms with Crippen LogP contribution in [-0.2, 0) is 0 Å². The first-order valence-electron chi connectivity index (χ1n) is 17.7. The molecular formula is C48H28N2S2. The molecule has 12 rings (SSSR count). The van der Waals surface area contributed by atoms with E-state index < -0.39 is 0 Å². The molecule has 0 bridgehead atoms. The fraction of sp³-hybridized carbons (Fsp3) is 0. The Balaban J connectivity index is 1.04. The quantitative estimate of drug-likeness (QED) is 0.174. The van der Waals surface area contributed by atoms with Crippen molar-refractivity contribution in [2.24, 2.45) is 0 Å². The fourth-order valence-electron chi connectivity index (χ4n) is 8.63. The average Bonchev–Trinajstić information content (AvgIpc) is 3.96. The van der Waals surface area contributed by atoms with Gasteiger partial charge in [-0.25, -0.2) is 0 Å². The third-order valence-electron chi connectivity index (χ3n) is 10.9. The van der Waals surface area contributed by atoms with E-state index in [4.69, 9.17) is 0 Å². The van der Waals surface area contributed by atoms with Crippen LogP contribution in [0.25, 0.3) is 106 Å². The molecule has 0 aliphatic carbocycles. The summed E-state index contributed by atoms with van der Waals surface area (Å²) >= 11 is 3.79. The van der Waals surface area contributed by atoms with Gasteiger partial charge in [-0.05, 0) is 59.7 Å². The second kappa shape index (κ2) is 10.7. The van der Waals surface area contributed by atoms with E-state index in [0.717, 1.165) is 0 Å². The minimum atomic E-state index is 1.17. The van der Waals surface area contributed by atoms with Crippen molar-refractivity contribution in [3.05, 3.63) is 170 Å². The van der Waals surface area contributed by atoms with Gasteiger partial charge in [0.05, 0.1) is 31.5 Å². The van der Waals surface area contributed by atoms with Crippen LogP contribution in [0.1, 0.15) is 0 Å². The van der Waals surface area contributed by atoms with Crippen molar-refractivity contribution < 1.29 is 0 Å². The first-order valence-corrected chi connectivity index (χ1v) is 19.3. The van der Waals surface area contributed by atoms with Gasteiger partial charge in [-0.3, -0.25) is 0 Å². The molecule has 0 fully saturated rings. The van der Waals surface area contributed by atoms with E-state index in [2.05, 4.69) is 179 Å². The second-order valence-electron chi connectivity index (χ2n) is 13.7. The largest absolute Gasteiger partial charge is 0.308 e. The van der Waals surface area contributed by atoms with Crippen LogP contribution in [0.3, 0.4) is 0 Å². The smallest absolute Gasteiger partial charge is 0.0719 e. The van der Waals surface area contributed by atoms with E-state index in [9.17, 15) is 0 Å². The van der Waals surface area contributed by atoms with E-state index in [1.54, 1.807) is 0 Å². The highest BCUT2D eigenvalue weighted by Crippen LogP contribution is 2.45. The maximum atomic E-state index is 2.48. The summed E-state index contributed by atoms with van der Waals surface area (Å²) in [6.45, 7) is 0. The van der Waals surface area contributed by atoms with E-state index in [1.165, 1.54) is 106 Å². The molecule has 0 saturated carbocycles. The highest BCUT2D eigenvalue weighted by molar-refractivity contribution is 7.27. The van der Waals surface area contributed by atoms with Crippen molar-refractivity contribution in [1.29, 1.82) is 0 Å². The standard InChI is InChI=1S/C48H28N2S2/c1-5-16-41-33(12-1)37-24-26-39-35-14-3-7-18-43(35)51-47(39)45(37)49(41)31-22-20-29(21-23-31)30-10-9-11-32(28-30)50-42-17-6-2-13-34(42)38-25-27-40-36-15-4-8-19-44(36)52-48(40)46(38)50/h1-28H. The van der Waals surface area contributed by atoms with Gasteiger partial charge in [0.2, 0.25) is 0 Å². The van der Waals surface area contributed by atoms with Gasteiger partial charge in [0.1, 0.15) is 0 Å². The van der Waals surface area contributed by atoms with Gasteiger partial charge >= 0.3 is 0 Å². The molecule has 4 aromatic heterocycles. The van der Waals surface area contributed by atoms with Gasteiger partial charge in [-0.2, -0.15) is 0 Å². The van der Waals surface area contributed by atoms with Crippen LogP contribution in [0.4, 0.5) is 0 Å². The summed E-state index contributed by atoms with van der Waals surface area (Å²) < 4.78 is 10.3. The summed E-state index contributed by atoms with van der Waals surface area (Å²) in [4.78, 5) is 0. The number of hydrogen-bond acceptors (Lipinski definition) is 2. The number of aromatic nitrogens is 2. The lowest BCUT2D eigenvalue weighted by Gasteiger charge is -2.12. The Morgan fingerprint density at radius 3 is 1.37 bits per heavy atom. The summed E-state index contributed by atoms with van der Waals surface area (Å²) in [7, 11) is 0. The van der Waals surface area contributed by atoms with E-state index >= 15 is 0 Å². The Morgan fingerprint density at radius 2 is 0.788 bits per heavy atom. The zero-order valence-electron chi connectivity index (χ0n) is 27.9. The summed E-state index contributed by atoms with van der Waals surface area (Å²) in [6, 6.07) is 62.7. The van der Waals surface area contributed by atoms with E-state index in [-0.39, 0.29) is 0 Å². The summed E-state index contributed by atoms with van der Waals surface area (Å²) in [5.41, 5.74) is 9.78. The van der Waals surface area contributed by atoms with Crippen LogP contribution in [-0.4, -0.2) is 9.13 Å². The first-order chi connectivity index (χ1) is 25.8. The molecule has 4 heteroatoms. The lowest BCUT2D eigenvalue weighted by Crippen LogP contribution is -1.95. The van der Waals surface area contributed by atoms with Crippen molar-refractivity contribution in [3.63, 3.8) is 0 Å². The van der Waals surface area contributed by atoms with Crippen LogP contribution < -0.4 is 0 Å². The molecule has 0 saturated heterocycles. The molecule has 2 nitrogen and oxygen atoms in total. The van der Waals surface area contributed by atoms with Gasteiger partial charge in [0.25, 0.3) is 0 Å². The van der Waals surface area contributed by atoms with Crippen molar-refractivity contribution in [1.82, 2.24) is 9.13 Å². The third kappa shape index (κ3) is 3.88. The van der Waals surface area contributed by atoms with Crippen LogP contribution in [0.2, 0.25) is 0 Å². The fourth-order valence-corrected chi connectivity index (χ4v) is 11.1. The minimum absolute atomic E-state index is 1.17. The summed E-state index contributed by atoms with van der Waals surface area (Å²) in [5, 5.41) is 10.5. The van der Waals surface area contributed by atoms with Crippen LogP contribution in [0.5, 0.6) is 0 Å². The molecule has 0 aliphatic heterocycles. The van der Waals surface area contributed by atoms with E-state index in [0.29, 0.717) is 0 Å². The normalized spacial score (nSPS) is 12.2. The van der Waals surface area contributed by atoms with Crippen LogP contribution in [0.15, 0.2) is 170 Å². The molecule has 0 radical (unpaired) electrons. The maximum absolute atomic E-state index is 2.48. The average molecular weight is 697 g/mol. The number of benzene rings is 8. The number of rotatable bonds is 3. The number of para-hydroxylation sites is 2. The summed E-state index contributed by atoms with van der Waals surface area (Å²) in [6.07, 6.45) is 0. The molecule has 0 atom stereocenters. The third-order valence-corrected chi connectivity index (χ3v) is 13.3. The SMILES string of the molecule is c1cc(-c2ccc(-n3c4ccccc4c4ccc5c6ccccc6sc5c43)cc2)cc(-n2c3ccccc3c3ccc4c5ccccc5sc4c32)c1. The molecule has 0 spiro atoms. The minimum Gasteiger partial charge on any atom is -0.308 e. The zero-order chi connectivity index (χ0) is 33.9. The molecule has 52 heavy (non-hydrogen) atoms. The molecule has 0 N–H and O–H groups in total. The monoisotopic (exact) mass is 696 g/mol. The maximum Gasteiger partial charge on any atom is 0.0719 e. The molecule has 8 aromatic carbocycles. The number of nitrogens with zero attached hydrogens (tertiary/aromatic N) is 2. The molecule has 242 valence electrons. The Hall–Kier alpha value is -6.20. The first kappa shape index (κ1) is 28.5. The van der Waals surface area contributed by atoms with Crippen molar-refractivity contribution in [2.75, 3.05) is 0 Å². The molecule has 4 heterocycles. The lowest BCUT2D eigenvalue weighted by atomic mass is 10.0. The number of thiophene rings is 2. The Bertz CT molecular complexity index is 3410. The predicted octanol–water partition coefficient (Wildman–Crippen LogP) is 14.3. The molecule has 0 aliphatic rings. The van der Waals surface area contributed by atoms with Crippen molar-refractivity contribution in [3.8, 4) is 22.5 Å². The highest BCUT2D eigenvalue weighted by atomic mass is 32.1. The molecule has 12 aromatic rings. The summed E-state index contributed by atoms with van der Waals surface area (Å²) in [5.74, 6) is 0. The van der Waals surface area contributed by atoms with Gasteiger partial charge in [0, 0.05) is 63.9 Å². The predicted molar refractivity (Wildman–Crippen MR) is 226 cm³/mol.